The van der Waals surface area contributed by atoms with Gasteiger partial charge in [-0.15, -0.1) is 0 Å². The van der Waals surface area contributed by atoms with Crippen LogP contribution >= 0.6 is 0 Å². The maximum Gasteiger partial charge on any atom is 0.280 e. The molecule has 0 unspecified atom stereocenters. The Kier molecular flexibility index (Phi) is 6.59. The maximum absolute atomic E-state index is 13.8. The summed E-state index contributed by atoms with van der Waals surface area (Å²) in [5.74, 6) is 1.12. The van der Waals surface area contributed by atoms with Crippen LogP contribution in [0.25, 0.3) is 55.6 Å². The van der Waals surface area contributed by atoms with Crippen molar-refractivity contribution in [3.8, 4) is 45.5 Å². The molecule has 0 saturated heterocycles. The van der Waals surface area contributed by atoms with Gasteiger partial charge in [-0.25, -0.2) is 4.98 Å². The Morgan fingerprint density at radius 1 is 0.591 bits per heavy atom. The molecule has 0 aliphatic carbocycles. The maximum atomic E-state index is 13.8. The van der Waals surface area contributed by atoms with Crippen LogP contribution in [0.15, 0.2) is 113 Å². The van der Waals surface area contributed by atoms with Gasteiger partial charge in [-0.2, -0.15) is 19.6 Å². The molecule has 11 nitrogen and oxygen atoms in total. The Morgan fingerprint density at radius 3 is 2.00 bits per heavy atom. The minimum atomic E-state index is -0.348. The zero-order valence-electron chi connectivity index (χ0n) is 23.6. The molecule has 0 fully saturated rings. The van der Waals surface area contributed by atoms with Gasteiger partial charge in [0.2, 0.25) is 0 Å². The quantitative estimate of drug-likeness (QED) is 0.276. The van der Waals surface area contributed by atoms with Crippen LogP contribution in [0.5, 0.6) is 11.5 Å². The molecular formula is C33H23N7O4. The molecule has 0 atom stereocenters. The van der Waals surface area contributed by atoms with Gasteiger partial charge in [0.05, 0.1) is 36.4 Å². The third-order valence-electron chi connectivity index (χ3n) is 7.28. The Bertz CT molecular complexity index is 2300. The van der Waals surface area contributed by atoms with Gasteiger partial charge in [-0.3, -0.25) is 19.6 Å². The molecule has 214 valence electrons. The van der Waals surface area contributed by atoms with Crippen molar-refractivity contribution >= 4 is 21.5 Å². The van der Waals surface area contributed by atoms with Crippen LogP contribution in [0, 0.1) is 0 Å². The molecule has 11 heteroatoms. The zero-order chi connectivity index (χ0) is 30.2. The molecular weight excluding hydrogens is 558 g/mol. The fourth-order valence-corrected chi connectivity index (χ4v) is 5.18. The van der Waals surface area contributed by atoms with Gasteiger partial charge in [0.25, 0.3) is 11.1 Å². The highest BCUT2D eigenvalue weighted by Gasteiger charge is 2.19. The summed E-state index contributed by atoms with van der Waals surface area (Å²) in [5.41, 5.74) is 2.26. The van der Waals surface area contributed by atoms with Crippen LogP contribution < -0.4 is 20.6 Å². The Labute approximate surface area is 249 Å². The van der Waals surface area contributed by atoms with Gasteiger partial charge in [-0.05, 0) is 54.6 Å². The standard InChI is InChI=1S/C33H23N7O4/c1-43-27-17-25-26(18-28(27)44-2)33(42)39(22-10-13-34-14-11-22)37-30(25)20-9-15-36-29(16-20)40-32(41)24-8-4-3-7-23(24)31(38-40)21-6-5-12-35-19-21/h3-19H,1-2H3. The number of benzene rings is 2. The number of pyridine rings is 3. The molecule has 7 rings (SSSR count). The van der Waals surface area contributed by atoms with Gasteiger partial charge >= 0.3 is 0 Å². The smallest absolute Gasteiger partial charge is 0.280 e. The second-order valence-corrected chi connectivity index (χ2v) is 9.78. The predicted molar refractivity (Wildman–Crippen MR) is 166 cm³/mol. The third kappa shape index (κ3) is 4.43. The number of rotatable bonds is 6. The summed E-state index contributed by atoms with van der Waals surface area (Å²) in [6.07, 6.45) is 8.13. The number of aromatic nitrogens is 7. The van der Waals surface area contributed by atoms with Crippen LogP contribution in [0.1, 0.15) is 0 Å². The van der Waals surface area contributed by atoms with Gasteiger partial charge < -0.3 is 9.47 Å². The fraction of sp³-hybridized carbons (Fsp3) is 0.0606. The highest BCUT2D eigenvalue weighted by molar-refractivity contribution is 5.97. The van der Waals surface area contributed by atoms with Crippen molar-refractivity contribution in [3.05, 3.63) is 124 Å². The average Bonchev–Trinajstić information content (AvgIpc) is 3.09. The number of ether oxygens (including phenoxy) is 2. The lowest BCUT2D eigenvalue weighted by atomic mass is 10.0. The summed E-state index contributed by atoms with van der Waals surface area (Å²) in [7, 11) is 3.04. The van der Waals surface area contributed by atoms with E-state index in [0.717, 1.165) is 5.56 Å². The summed E-state index contributed by atoms with van der Waals surface area (Å²) in [4.78, 5) is 40.3. The first-order valence-corrected chi connectivity index (χ1v) is 13.6. The van der Waals surface area contributed by atoms with E-state index in [0.29, 0.717) is 55.7 Å². The summed E-state index contributed by atoms with van der Waals surface area (Å²) in [6, 6.07) is 21.2. The van der Waals surface area contributed by atoms with Crippen LogP contribution in [0.2, 0.25) is 0 Å². The fourth-order valence-electron chi connectivity index (χ4n) is 5.18. The first kappa shape index (κ1) is 26.7. The van der Waals surface area contributed by atoms with E-state index in [4.69, 9.17) is 19.7 Å². The van der Waals surface area contributed by atoms with Crippen LogP contribution in [0.4, 0.5) is 0 Å². The second kappa shape index (κ2) is 10.9. The average molecular weight is 582 g/mol. The van der Waals surface area contributed by atoms with Gasteiger partial charge in [0, 0.05) is 52.9 Å². The van der Waals surface area contributed by atoms with E-state index >= 15 is 0 Å². The van der Waals surface area contributed by atoms with E-state index in [-0.39, 0.29) is 16.9 Å². The normalized spacial score (nSPS) is 11.1. The van der Waals surface area contributed by atoms with E-state index < -0.39 is 0 Å². The summed E-state index contributed by atoms with van der Waals surface area (Å²) in [6.45, 7) is 0. The summed E-state index contributed by atoms with van der Waals surface area (Å²) in [5, 5.41) is 11.6. The van der Waals surface area contributed by atoms with Gasteiger partial charge in [-0.1, -0.05) is 18.2 Å². The van der Waals surface area contributed by atoms with E-state index in [2.05, 4.69) is 15.0 Å². The minimum absolute atomic E-state index is 0.278. The molecule has 2 aromatic carbocycles. The highest BCUT2D eigenvalue weighted by Crippen LogP contribution is 2.35. The van der Waals surface area contributed by atoms with E-state index in [1.165, 1.54) is 23.6 Å². The monoisotopic (exact) mass is 581 g/mol. The molecule has 0 saturated carbocycles. The van der Waals surface area contributed by atoms with Crippen molar-refractivity contribution in [2.45, 2.75) is 0 Å². The zero-order valence-corrected chi connectivity index (χ0v) is 23.6. The highest BCUT2D eigenvalue weighted by atomic mass is 16.5. The molecule has 0 amide bonds. The van der Waals surface area contributed by atoms with Crippen molar-refractivity contribution < 1.29 is 9.47 Å². The Hall–Kier alpha value is -6.23. The van der Waals surface area contributed by atoms with Crippen molar-refractivity contribution in [1.82, 2.24) is 34.5 Å². The lowest BCUT2D eigenvalue weighted by molar-refractivity contribution is 0.356. The molecule has 0 aliphatic heterocycles. The van der Waals surface area contributed by atoms with Gasteiger partial charge in [0.15, 0.2) is 17.3 Å². The van der Waals surface area contributed by atoms with Crippen LogP contribution in [-0.4, -0.2) is 48.7 Å². The lowest BCUT2D eigenvalue weighted by Crippen LogP contribution is -2.23. The third-order valence-corrected chi connectivity index (χ3v) is 7.28. The van der Waals surface area contributed by atoms with Crippen molar-refractivity contribution in [1.29, 1.82) is 0 Å². The molecule has 0 N–H and O–H groups in total. The van der Waals surface area contributed by atoms with Crippen LogP contribution in [-0.2, 0) is 0 Å². The molecule has 0 bridgehead atoms. The van der Waals surface area contributed by atoms with Crippen LogP contribution in [0.3, 0.4) is 0 Å². The molecule has 5 heterocycles. The SMILES string of the molecule is COc1cc2c(-c3ccnc(-n4nc(-c5cccnc5)c5ccccc5c4=O)c3)nn(-c3ccncc3)c(=O)c2cc1OC. The Morgan fingerprint density at radius 2 is 1.27 bits per heavy atom. The van der Waals surface area contributed by atoms with Crippen molar-refractivity contribution in [3.63, 3.8) is 0 Å². The Balaban J connectivity index is 1.50. The first-order valence-electron chi connectivity index (χ1n) is 13.6. The second-order valence-electron chi connectivity index (χ2n) is 9.78. The van der Waals surface area contributed by atoms with Crippen molar-refractivity contribution in [2.24, 2.45) is 0 Å². The number of hydrogen-bond acceptors (Lipinski definition) is 9. The molecule has 7 aromatic rings. The number of nitrogens with zero attached hydrogens (tertiary/aromatic N) is 7. The summed E-state index contributed by atoms with van der Waals surface area (Å²) >= 11 is 0. The largest absolute Gasteiger partial charge is 0.493 e. The first-order chi connectivity index (χ1) is 21.6. The van der Waals surface area contributed by atoms with E-state index in [1.54, 1.807) is 73.4 Å². The molecule has 0 radical (unpaired) electrons. The number of hydrogen-bond donors (Lipinski definition) is 0. The minimum Gasteiger partial charge on any atom is -0.493 e. The lowest BCUT2D eigenvalue weighted by Gasteiger charge is -2.15. The van der Waals surface area contributed by atoms with Crippen molar-refractivity contribution in [2.75, 3.05) is 14.2 Å². The predicted octanol–water partition coefficient (Wildman–Crippen LogP) is 4.62. The summed E-state index contributed by atoms with van der Waals surface area (Å²) < 4.78 is 13.6. The molecule has 0 spiro atoms. The molecule has 44 heavy (non-hydrogen) atoms. The molecule has 5 aromatic heterocycles. The topological polar surface area (TPSA) is 127 Å². The van der Waals surface area contributed by atoms with Gasteiger partial charge in [0.1, 0.15) is 5.69 Å². The van der Waals surface area contributed by atoms with E-state index in [1.807, 2.05) is 30.3 Å². The van der Waals surface area contributed by atoms with E-state index in [9.17, 15) is 9.59 Å². The molecule has 0 aliphatic rings. The number of methoxy groups -OCH3 is 2. The number of fused-ring (bicyclic) bond motifs is 2.